The second kappa shape index (κ2) is 4.21. The smallest absolute Gasteiger partial charge is 0.312 e. The maximum absolute atomic E-state index is 11.5. The van der Waals surface area contributed by atoms with E-state index in [1.165, 1.54) is 26.2 Å². The Kier molecular flexibility index (Phi) is 3.19. The molecule has 0 bridgehead atoms. The van der Waals surface area contributed by atoms with Gasteiger partial charge >= 0.3 is 5.97 Å². The molecule has 0 saturated carbocycles. The predicted octanol–water partition coefficient (Wildman–Crippen LogP) is 0.820. The summed E-state index contributed by atoms with van der Waals surface area (Å²) in [6.45, 7) is 3.10. The number of ketones is 2. The molecule has 0 amide bonds. The van der Waals surface area contributed by atoms with Gasteiger partial charge in [-0.15, -0.1) is 0 Å². The normalized spacial score (nSPS) is 18.1. The first kappa shape index (κ1) is 11.4. The summed E-state index contributed by atoms with van der Waals surface area (Å²) in [5.41, 5.74) is 0.582. The SMILES string of the molecule is COC(=O)C(C)C1=CC(=O)C(C)=CC1=O. The zero-order valence-corrected chi connectivity index (χ0v) is 8.87. The number of methoxy groups -OCH3 is 1. The summed E-state index contributed by atoms with van der Waals surface area (Å²) >= 11 is 0. The van der Waals surface area contributed by atoms with Crippen LogP contribution < -0.4 is 0 Å². The summed E-state index contributed by atoms with van der Waals surface area (Å²) in [4.78, 5) is 34.0. The van der Waals surface area contributed by atoms with Crippen LogP contribution in [0.2, 0.25) is 0 Å². The van der Waals surface area contributed by atoms with Crippen molar-refractivity contribution < 1.29 is 19.1 Å². The lowest BCUT2D eigenvalue weighted by molar-refractivity contribution is -0.144. The van der Waals surface area contributed by atoms with E-state index in [1.54, 1.807) is 6.92 Å². The second-order valence-electron chi connectivity index (χ2n) is 3.40. The van der Waals surface area contributed by atoms with Gasteiger partial charge in [0.15, 0.2) is 11.6 Å². The predicted molar refractivity (Wildman–Crippen MR) is 53.0 cm³/mol. The van der Waals surface area contributed by atoms with Crippen LogP contribution in [-0.4, -0.2) is 24.6 Å². The summed E-state index contributed by atoms with van der Waals surface area (Å²) in [7, 11) is 1.25. The topological polar surface area (TPSA) is 60.4 Å². The van der Waals surface area contributed by atoms with Crippen LogP contribution in [0.15, 0.2) is 23.3 Å². The van der Waals surface area contributed by atoms with E-state index in [2.05, 4.69) is 4.74 Å². The van der Waals surface area contributed by atoms with E-state index in [4.69, 9.17) is 0 Å². The molecule has 0 aromatic rings. The first-order valence-electron chi connectivity index (χ1n) is 4.53. The number of allylic oxidation sites excluding steroid dienone is 3. The third-order valence-electron chi connectivity index (χ3n) is 2.33. The van der Waals surface area contributed by atoms with E-state index in [1.807, 2.05) is 0 Å². The minimum absolute atomic E-state index is 0.192. The quantitative estimate of drug-likeness (QED) is 0.498. The van der Waals surface area contributed by atoms with Gasteiger partial charge in [-0.3, -0.25) is 14.4 Å². The van der Waals surface area contributed by atoms with Crippen LogP contribution >= 0.6 is 0 Å². The first-order valence-corrected chi connectivity index (χ1v) is 4.53. The average Bonchev–Trinajstić information content (AvgIpc) is 2.21. The van der Waals surface area contributed by atoms with E-state index >= 15 is 0 Å². The zero-order chi connectivity index (χ0) is 11.6. The molecular weight excluding hydrogens is 196 g/mol. The molecule has 4 nitrogen and oxygen atoms in total. The number of hydrogen-bond donors (Lipinski definition) is 0. The molecule has 0 fully saturated rings. The lowest BCUT2D eigenvalue weighted by Crippen LogP contribution is -2.23. The molecular formula is C11H12O4. The van der Waals surface area contributed by atoms with Crippen LogP contribution in [0.3, 0.4) is 0 Å². The fraction of sp³-hybridized carbons (Fsp3) is 0.364. The monoisotopic (exact) mass is 208 g/mol. The van der Waals surface area contributed by atoms with Crippen molar-refractivity contribution in [3.05, 3.63) is 23.3 Å². The molecule has 80 valence electrons. The Morgan fingerprint density at radius 1 is 1.27 bits per heavy atom. The molecule has 1 atom stereocenters. The van der Waals surface area contributed by atoms with Gasteiger partial charge in [0.25, 0.3) is 0 Å². The Labute approximate surface area is 87.6 Å². The molecule has 1 aliphatic rings. The molecule has 15 heavy (non-hydrogen) atoms. The molecule has 0 aliphatic heterocycles. The molecule has 1 rings (SSSR count). The van der Waals surface area contributed by atoms with Crippen molar-refractivity contribution >= 4 is 17.5 Å². The van der Waals surface area contributed by atoms with E-state index in [0.717, 1.165) is 0 Å². The van der Waals surface area contributed by atoms with Crippen LogP contribution in [0.25, 0.3) is 0 Å². The van der Waals surface area contributed by atoms with E-state index < -0.39 is 11.9 Å². The van der Waals surface area contributed by atoms with Crippen molar-refractivity contribution in [2.75, 3.05) is 7.11 Å². The maximum atomic E-state index is 11.5. The van der Waals surface area contributed by atoms with Gasteiger partial charge in [0.05, 0.1) is 13.0 Å². The Bertz CT molecular complexity index is 387. The molecule has 0 aromatic carbocycles. The van der Waals surface area contributed by atoms with Gasteiger partial charge in [0, 0.05) is 11.1 Å². The maximum Gasteiger partial charge on any atom is 0.312 e. The molecule has 0 saturated heterocycles. The van der Waals surface area contributed by atoms with Crippen LogP contribution in [0.5, 0.6) is 0 Å². The number of carbonyl (C=O) groups is 3. The highest BCUT2D eigenvalue weighted by molar-refractivity contribution is 6.21. The minimum Gasteiger partial charge on any atom is -0.469 e. The third-order valence-corrected chi connectivity index (χ3v) is 2.33. The van der Waals surface area contributed by atoms with Crippen LogP contribution in [-0.2, 0) is 19.1 Å². The van der Waals surface area contributed by atoms with E-state index in [-0.39, 0.29) is 17.1 Å². The Balaban J connectivity index is 2.98. The second-order valence-corrected chi connectivity index (χ2v) is 3.40. The lowest BCUT2D eigenvalue weighted by atomic mass is 9.90. The van der Waals surface area contributed by atoms with Gasteiger partial charge in [-0.1, -0.05) is 0 Å². The van der Waals surface area contributed by atoms with Crippen molar-refractivity contribution in [3.63, 3.8) is 0 Å². The van der Waals surface area contributed by atoms with Crippen LogP contribution in [0, 0.1) is 5.92 Å². The highest BCUT2D eigenvalue weighted by Crippen LogP contribution is 2.19. The van der Waals surface area contributed by atoms with Gasteiger partial charge in [0.1, 0.15) is 0 Å². The minimum atomic E-state index is -0.698. The summed E-state index contributed by atoms with van der Waals surface area (Å²) in [6.07, 6.45) is 2.45. The van der Waals surface area contributed by atoms with Gasteiger partial charge in [-0.25, -0.2) is 0 Å². The fourth-order valence-corrected chi connectivity index (χ4v) is 1.32. The Morgan fingerprint density at radius 3 is 2.40 bits per heavy atom. The zero-order valence-electron chi connectivity index (χ0n) is 8.87. The van der Waals surface area contributed by atoms with E-state index in [9.17, 15) is 14.4 Å². The summed E-state index contributed by atoms with van der Waals surface area (Å²) in [5.74, 6) is -1.75. The fourth-order valence-electron chi connectivity index (χ4n) is 1.32. The number of carbonyl (C=O) groups excluding carboxylic acids is 3. The van der Waals surface area contributed by atoms with Gasteiger partial charge in [-0.05, 0) is 26.0 Å². The van der Waals surface area contributed by atoms with Crippen molar-refractivity contribution in [2.45, 2.75) is 13.8 Å². The summed E-state index contributed by atoms with van der Waals surface area (Å²) in [5, 5.41) is 0. The van der Waals surface area contributed by atoms with Gasteiger partial charge < -0.3 is 4.74 Å². The van der Waals surface area contributed by atoms with Gasteiger partial charge in [-0.2, -0.15) is 0 Å². The number of ether oxygens (including phenoxy) is 1. The molecule has 4 heteroatoms. The van der Waals surface area contributed by atoms with Crippen LogP contribution in [0.1, 0.15) is 13.8 Å². The number of esters is 1. The molecule has 0 radical (unpaired) electrons. The summed E-state index contributed by atoms with van der Waals surface area (Å²) in [6, 6.07) is 0. The highest BCUT2D eigenvalue weighted by Gasteiger charge is 2.26. The number of rotatable bonds is 2. The van der Waals surface area contributed by atoms with Crippen molar-refractivity contribution in [3.8, 4) is 0 Å². The third kappa shape index (κ3) is 2.21. The Hall–Kier alpha value is -1.71. The summed E-state index contributed by atoms with van der Waals surface area (Å²) < 4.78 is 4.51. The van der Waals surface area contributed by atoms with Crippen molar-refractivity contribution in [1.29, 1.82) is 0 Å². The van der Waals surface area contributed by atoms with E-state index in [0.29, 0.717) is 5.57 Å². The van der Waals surface area contributed by atoms with Crippen molar-refractivity contribution in [2.24, 2.45) is 5.92 Å². The molecule has 0 spiro atoms. The molecule has 0 heterocycles. The first-order chi connectivity index (χ1) is 6.97. The molecule has 0 aromatic heterocycles. The molecule has 1 aliphatic carbocycles. The largest absolute Gasteiger partial charge is 0.469 e. The standard InChI is InChI=1S/C11H12O4/c1-6-4-10(13)8(5-9(6)12)7(2)11(14)15-3/h4-5,7H,1-3H3. The van der Waals surface area contributed by atoms with Crippen molar-refractivity contribution in [1.82, 2.24) is 0 Å². The molecule has 1 unspecified atom stereocenters. The van der Waals surface area contributed by atoms with Crippen LogP contribution in [0.4, 0.5) is 0 Å². The average molecular weight is 208 g/mol. The number of hydrogen-bond acceptors (Lipinski definition) is 4. The Morgan fingerprint density at radius 2 is 1.87 bits per heavy atom. The highest BCUT2D eigenvalue weighted by atomic mass is 16.5. The molecule has 0 N–H and O–H groups in total. The van der Waals surface area contributed by atoms with Gasteiger partial charge in [0.2, 0.25) is 0 Å². The lowest BCUT2D eigenvalue weighted by Gasteiger charge is -2.14.